The average Bonchev–Trinajstić information content (AvgIpc) is 2.53. The van der Waals surface area contributed by atoms with Crippen molar-refractivity contribution < 1.29 is 14.6 Å². The lowest BCUT2D eigenvalue weighted by atomic mass is 9.89. The normalized spacial score (nSPS) is 14.0. The summed E-state index contributed by atoms with van der Waals surface area (Å²) in [6.07, 6.45) is 6.22. The van der Waals surface area contributed by atoms with Gasteiger partial charge in [-0.2, -0.15) is 0 Å². The maximum atomic E-state index is 12.3. The Hall–Kier alpha value is -1.87. The first kappa shape index (κ1) is 19.2. The van der Waals surface area contributed by atoms with Crippen molar-refractivity contribution in [1.29, 1.82) is 0 Å². The van der Waals surface area contributed by atoms with Crippen LogP contribution in [0.1, 0.15) is 52.5 Å². The SMILES string of the molecule is CCOC(=O)C(O)(C/C=C(\C)CCC=C(C)C)c1ccccc1. The Morgan fingerprint density at radius 1 is 1.17 bits per heavy atom. The van der Waals surface area contributed by atoms with E-state index in [9.17, 15) is 9.90 Å². The number of carbonyl (C=O) groups excluding carboxylic acids is 1. The molecule has 1 aromatic carbocycles. The highest BCUT2D eigenvalue weighted by molar-refractivity contribution is 5.81. The molecule has 1 unspecified atom stereocenters. The Labute approximate surface area is 139 Å². The van der Waals surface area contributed by atoms with Crippen molar-refractivity contribution in [3.8, 4) is 0 Å². The van der Waals surface area contributed by atoms with Crippen LogP contribution in [0, 0.1) is 0 Å². The predicted octanol–water partition coefficient (Wildman–Crippen LogP) is 4.52. The molecule has 126 valence electrons. The fourth-order valence-corrected chi connectivity index (χ4v) is 2.30. The minimum absolute atomic E-state index is 0.219. The number of hydrogen-bond donors (Lipinski definition) is 1. The summed E-state index contributed by atoms with van der Waals surface area (Å²) < 4.78 is 5.08. The summed E-state index contributed by atoms with van der Waals surface area (Å²) in [5, 5.41) is 10.9. The van der Waals surface area contributed by atoms with Crippen molar-refractivity contribution in [2.24, 2.45) is 0 Å². The molecule has 1 aromatic rings. The van der Waals surface area contributed by atoms with Gasteiger partial charge in [0.2, 0.25) is 0 Å². The van der Waals surface area contributed by atoms with Crippen LogP contribution in [-0.2, 0) is 15.1 Å². The highest BCUT2D eigenvalue weighted by Gasteiger charge is 2.38. The van der Waals surface area contributed by atoms with Gasteiger partial charge in [-0.3, -0.25) is 0 Å². The van der Waals surface area contributed by atoms with Gasteiger partial charge < -0.3 is 9.84 Å². The van der Waals surface area contributed by atoms with Gasteiger partial charge in [0, 0.05) is 6.42 Å². The van der Waals surface area contributed by atoms with Gasteiger partial charge in [0.05, 0.1) is 6.61 Å². The van der Waals surface area contributed by atoms with E-state index in [1.807, 2.05) is 31.2 Å². The van der Waals surface area contributed by atoms with Gasteiger partial charge in [-0.05, 0) is 46.1 Å². The lowest BCUT2D eigenvalue weighted by Crippen LogP contribution is -2.37. The molecular formula is C20H28O3. The Morgan fingerprint density at radius 2 is 1.83 bits per heavy atom. The summed E-state index contributed by atoms with van der Waals surface area (Å²) in [7, 11) is 0. The van der Waals surface area contributed by atoms with E-state index in [0.717, 1.165) is 18.4 Å². The lowest BCUT2D eigenvalue weighted by Gasteiger charge is -2.25. The van der Waals surface area contributed by atoms with Crippen LogP contribution in [0.15, 0.2) is 53.6 Å². The molecule has 3 heteroatoms. The van der Waals surface area contributed by atoms with Crippen LogP contribution in [0.3, 0.4) is 0 Å². The summed E-state index contributed by atoms with van der Waals surface area (Å²) in [5.74, 6) is -0.598. The van der Waals surface area contributed by atoms with Gasteiger partial charge in [0.25, 0.3) is 0 Å². The molecule has 0 amide bonds. The maximum absolute atomic E-state index is 12.3. The molecule has 0 radical (unpaired) electrons. The number of hydrogen-bond acceptors (Lipinski definition) is 3. The van der Waals surface area contributed by atoms with E-state index < -0.39 is 11.6 Å². The van der Waals surface area contributed by atoms with Crippen LogP contribution in [0.4, 0.5) is 0 Å². The van der Waals surface area contributed by atoms with Crippen LogP contribution in [0.25, 0.3) is 0 Å². The molecule has 0 fully saturated rings. The van der Waals surface area contributed by atoms with Gasteiger partial charge in [0.15, 0.2) is 5.60 Å². The Balaban J connectivity index is 2.90. The van der Waals surface area contributed by atoms with E-state index in [1.54, 1.807) is 19.1 Å². The zero-order chi connectivity index (χ0) is 17.3. The first-order valence-electron chi connectivity index (χ1n) is 8.14. The molecule has 1 rings (SSSR count). The minimum atomic E-state index is -1.63. The monoisotopic (exact) mass is 316 g/mol. The van der Waals surface area contributed by atoms with Crippen molar-refractivity contribution in [1.82, 2.24) is 0 Å². The molecule has 0 spiro atoms. The zero-order valence-electron chi connectivity index (χ0n) is 14.6. The third-order valence-electron chi connectivity index (χ3n) is 3.70. The second-order valence-corrected chi connectivity index (χ2v) is 6.02. The first-order valence-corrected chi connectivity index (χ1v) is 8.14. The molecular weight excluding hydrogens is 288 g/mol. The largest absolute Gasteiger partial charge is 0.464 e. The molecule has 0 aliphatic rings. The van der Waals surface area contributed by atoms with Crippen molar-refractivity contribution in [2.75, 3.05) is 6.61 Å². The number of carbonyl (C=O) groups is 1. The average molecular weight is 316 g/mol. The smallest absolute Gasteiger partial charge is 0.343 e. The third kappa shape index (κ3) is 6.03. The molecule has 0 saturated heterocycles. The first-order chi connectivity index (χ1) is 10.9. The molecule has 3 nitrogen and oxygen atoms in total. The van der Waals surface area contributed by atoms with E-state index in [0.29, 0.717) is 5.56 Å². The summed E-state index contributed by atoms with van der Waals surface area (Å²) in [6, 6.07) is 8.98. The van der Waals surface area contributed by atoms with Crippen LogP contribution in [-0.4, -0.2) is 17.7 Å². The van der Waals surface area contributed by atoms with Gasteiger partial charge >= 0.3 is 5.97 Å². The Bertz CT molecular complexity index is 554. The number of ether oxygens (including phenoxy) is 1. The number of benzene rings is 1. The molecule has 0 bridgehead atoms. The molecule has 23 heavy (non-hydrogen) atoms. The summed E-state index contributed by atoms with van der Waals surface area (Å²) in [5.41, 5.74) is 1.38. The topological polar surface area (TPSA) is 46.5 Å². The van der Waals surface area contributed by atoms with Gasteiger partial charge in [-0.15, -0.1) is 0 Å². The predicted molar refractivity (Wildman–Crippen MR) is 94.0 cm³/mol. The second-order valence-electron chi connectivity index (χ2n) is 6.02. The quantitative estimate of drug-likeness (QED) is 0.566. The van der Waals surface area contributed by atoms with Gasteiger partial charge in [-0.1, -0.05) is 53.6 Å². The number of allylic oxidation sites excluding steroid dienone is 3. The standard InChI is InChI=1S/C20H28O3/c1-5-23-19(21)20(22,18-12-7-6-8-13-18)15-14-17(4)11-9-10-16(2)3/h6-8,10,12-14,22H,5,9,11,15H2,1-4H3/b17-14+. The van der Waals surface area contributed by atoms with Crippen molar-refractivity contribution >= 4 is 5.97 Å². The molecule has 1 atom stereocenters. The van der Waals surface area contributed by atoms with E-state index in [4.69, 9.17) is 4.74 Å². The number of aliphatic hydroxyl groups is 1. The van der Waals surface area contributed by atoms with E-state index in [2.05, 4.69) is 19.9 Å². The molecule has 0 saturated carbocycles. The van der Waals surface area contributed by atoms with Crippen molar-refractivity contribution in [3.05, 3.63) is 59.2 Å². The van der Waals surface area contributed by atoms with Crippen molar-refractivity contribution in [3.63, 3.8) is 0 Å². The van der Waals surface area contributed by atoms with Crippen LogP contribution in [0.5, 0.6) is 0 Å². The van der Waals surface area contributed by atoms with E-state index in [-0.39, 0.29) is 13.0 Å². The molecule has 0 aliphatic carbocycles. The maximum Gasteiger partial charge on any atom is 0.343 e. The number of rotatable bonds is 8. The zero-order valence-corrected chi connectivity index (χ0v) is 14.6. The van der Waals surface area contributed by atoms with E-state index in [1.165, 1.54) is 5.57 Å². The molecule has 0 aliphatic heterocycles. The summed E-state index contributed by atoms with van der Waals surface area (Å²) in [6.45, 7) is 8.17. The number of esters is 1. The highest BCUT2D eigenvalue weighted by Crippen LogP contribution is 2.28. The second kappa shape index (κ2) is 9.31. The van der Waals surface area contributed by atoms with Crippen LogP contribution >= 0.6 is 0 Å². The van der Waals surface area contributed by atoms with Crippen LogP contribution in [0.2, 0.25) is 0 Å². The molecule has 1 N–H and O–H groups in total. The minimum Gasteiger partial charge on any atom is -0.464 e. The molecule has 0 heterocycles. The fraction of sp³-hybridized carbons (Fsp3) is 0.450. The fourth-order valence-electron chi connectivity index (χ4n) is 2.30. The van der Waals surface area contributed by atoms with Gasteiger partial charge in [-0.25, -0.2) is 4.79 Å². The molecule has 0 aromatic heterocycles. The van der Waals surface area contributed by atoms with Crippen LogP contribution < -0.4 is 0 Å². The lowest BCUT2D eigenvalue weighted by molar-refractivity contribution is -0.166. The Morgan fingerprint density at radius 3 is 2.39 bits per heavy atom. The van der Waals surface area contributed by atoms with E-state index >= 15 is 0 Å². The van der Waals surface area contributed by atoms with Crippen molar-refractivity contribution in [2.45, 2.75) is 52.6 Å². The summed E-state index contributed by atoms with van der Waals surface area (Å²) in [4.78, 5) is 12.3. The third-order valence-corrected chi connectivity index (χ3v) is 3.70. The van der Waals surface area contributed by atoms with Gasteiger partial charge in [0.1, 0.15) is 0 Å². The Kier molecular flexibility index (Phi) is 7.76. The highest BCUT2D eigenvalue weighted by atomic mass is 16.5. The summed E-state index contributed by atoms with van der Waals surface area (Å²) >= 11 is 0.